The second-order valence-corrected chi connectivity index (χ2v) is 2.93. The normalized spacial score (nSPS) is 11.9. The first-order valence-electron chi connectivity index (χ1n) is 4.40. The maximum absolute atomic E-state index is 5.45. The average molecular weight is 189 g/mol. The summed E-state index contributed by atoms with van der Waals surface area (Å²) >= 11 is 5.43. The van der Waals surface area contributed by atoms with Crippen LogP contribution in [0.3, 0.4) is 0 Å². The molecule has 0 aromatic heterocycles. The van der Waals surface area contributed by atoms with Gasteiger partial charge in [-0.05, 0) is 25.5 Å². The Kier molecular flexibility index (Phi) is 8.69. The molecule has 0 N–H and O–H groups in total. The number of unbranched alkanes of at least 4 members (excludes halogenated alkanes) is 1. The van der Waals surface area contributed by atoms with Gasteiger partial charge in [-0.3, -0.25) is 0 Å². The average Bonchev–Trinajstić information content (AvgIpc) is 2.06. The molecule has 1 unspecified atom stereocenters. The van der Waals surface area contributed by atoms with E-state index in [1.54, 1.807) is 6.08 Å². The zero-order chi connectivity index (χ0) is 9.23. The summed E-state index contributed by atoms with van der Waals surface area (Å²) in [5.74, 6) is 0.512. The van der Waals surface area contributed by atoms with Crippen molar-refractivity contribution in [3.8, 4) is 0 Å². The largest absolute Gasteiger partial charge is 0.374 e. The van der Waals surface area contributed by atoms with E-state index in [0.717, 1.165) is 13.0 Å². The van der Waals surface area contributed by atoms with Crippen LogP contribution in [0.15, 0.2) is 17.9 Å². The molecule has 0 bridgehead atoms. The summed E-state index contributed by atoms with van der Waals surface area (Å²) in [5, 5.41) is 0. The number of alkyl halides is 1. The van der Waals surface area contributed by atoms with Crippen molar-refractivity contribution in [2.45, 2.75) is 32.8 Å². The monoisotopic (exact) mass is 188 g/mol. The number of halogens is 1. The molecule has 0 spiro atoms. The van der Waals surface area contributed by atoms with Gasteiger partial charge >= 0.3 is 0 Å². The molecule has 1 atom stereocenters. The third-order valence-corrected chi connectivity index (χ3v) is 1.56. The molecule has 70 valence electrons. The highest BCUT2D eigenvalue weighted by atomic mass is 35.5. The lowest BCUT2D eigenvalue weighted by Gasteiger charge is -2.05. The van der Waals surface area contributed by atoms with Crippen LogP contribution in [0.2, 0.25) is 0 Å². The second kappa shape index (κ2) is 8.86. The quantitative estimate of drug-likeness (QED) is 0.354. The lowest BCUT2D eigenvalue weighted by atomic mass is 10.3. The maximum Gasteiger partial charge on any atom is 0.0801 e. The minimum absolute atomic E-state index is 0.149. The van der Waals surface area contributed by atoms with E-state index < -0.39 is 0 Å². The van der Waals surface area contributed by atoms with Crippen molar-refractivity contribution in [1.29, 1.82) is 0 Å². The summed E-state index contributed by atoms with van der Waals surface area (Å²) < 4.78 is 5.45. The van der Waals surface area contributed by atoms with E-state index in [4.69, 9.17) is 16.3 Å². The smallest absolute Gasteiger partial charge is 0.0801 e. The summed E-state index contributed by atoms with van der Waals surface area (Å²) in [6, 6.07) is 0. The van der Waals surface area contributed by atoms with Gasteiger partial charge in [-0.1, -0.05) is 13.3 Å². The van der Waals surface area contributed by atoms with Crippen molar-refractivity contribution < 1.29 is 4.74 Å². The van der Waals surface area contributed by atoms with Gasteiger partial charge in [-0.15, -0.1) is 17.3 Å². The van der Waals surface area contributed by atoms with Crippen LogP contribution in [-0.4, -0.2) is 18.6 Å². The van der Waals surface area contributed by atoms with Crippen LogP contribution in [0.25, 0.3) is 0 Å². The Labute approximate surface area is 80.1 Å². The van der Waals surface area contributed by atoms with E-state index in [1.807, 2.05) is 13.0 Å². The highest BCUT2D eigenvalue weighted by molar-refractivity contribution is 6.18. The van der Waals surface area contributed by atoms with Crippen LogP contribution in [0.4, 0.5) is 0 Å². The zero-order valence-electron chi connectivity index (χ0n) is 7.85. The Balaban J connectivity index is 3.45. The molecule has 0 rings (SSSR count). The van der Waals surface area contributed by atoms with E-state index in [-0.39, 0.29) is 6.10 Å². The Bertz CT molecular complexity index is 148. The minimum atomic E-state index is 0.149. The number of hydrogen-bond acceptors (Lipinski definition) is 1. The lowest BCUT2D eigenvalue weighted by molar-refractivity contribution is 0.0951. The Hall–Kier alpha value is -0.230. The molecular formula is C10H17ClO. The van der Waals surface area contributed by atoms with Gasteiger partial charge in [0.1, 0.15) is 0 Å². The fourth-order valence-electron chi connectivity index (χ4n) is 0.710. The molecule has 0 radical (unpaired) electrons. The molecular weight excluding hydrogens is 172 g/mol. The van der Waals surface area contributed by atoms with Gasteiger partial charge in [0, 0.05) is 12.5 Å². The SMILES string of the molecule is CCCCOC(C)C=C=CCCl. The van der Waals surface area contributed by atoms with E-state index in [0.29, 0.717) is 5.88 Å². The van der Waals surface area contributed by atoms with Crippen molar-refractivity contribution in [3.05, 3.63) is 17.9 Å². The fourth-order valence-corrected chi connectivity index (χ4v) is 0.799. The predicted octanol–water partition coefficient (Wildman–Crippen LogP) is 3.14. The van der Waals surface area contributed by atoms with Gasteiger partial charge in [0.05, 0.1) is 6.10 Å². The first-order valence-corrected chi connectivity index (χ1v) is 4.93. The highest BCUT2D eigenvalue weighted by Gasteiger charge is 1.93. The van der Waals surface area contributed by atoms with Crippen molar-refractivity contribution in [3.63, 3.8) is 0 Å². The molecule has 1 nitrogen and oxygen atoms in total. The highest BCUT2D eigenvalue weighted by Crippen LogP contribution is 1.95. The fraction of sp³-hybridized carbons (Fsp3) is 0.700. The van der Waals surface area contributed by atoms with Gasteiger partial charge in [0.2, 0.25) is 0 Å². The van der Waals surface area contributed by atoms with E-state index in [2.05, 4.69) is 12.7 Å². The van der Waals surface area contributed by atoms with E-state index >= 15 is 0 Å². The van der Waals surface area contributed by atoms with Gasteiger partial charge in [-0.25, -0.2) is 0 Å². The van der Waals surface area contributed by atoms with Gasteiger partial charge in [0.15, 0.2) is 0 Å². The van der Waals surface area contributed by atoms with Crippen molar-refractivity contribution >= 4 is 11.6 Å². The van der Waals surface area contributed by atoms with E-state index in [9.17, 15) is 0 Å². The Morgan fingerprint density at radius 2 is 2.33 bits per heavy atom. The van der Waals surface area contributed by atoms with Crippen molar-refractivity contribution in [2.24, 2.45) is 0 Å². The molecule has 0 aromatic rings. The van der Waals surface area contributed by atoms with Crippen LogP contribution in [0, 0.1) is 0 Å². The maximum atomic E-state index is 5.45. The van der Waals surface area contributed by atoms with Crippen molar-refractivity contribution in [1.82, 2.24) is 0 Å². The first kappa shape index (κ1) is 11.8. The molecule has 0 aliphatic carbocycles. The van der Waals surface area contributed by atoms with Gasteiger partial charge < -0.3 is 4.74 Å². The molecule has 0 heterocycles. The third kappa shape index (κ3) is 7.87. The summed E-state index contributed by atoms with van der Waals surface area (Å²) in [6.07, 6.45) is 6.11. The summed E-state index contributed by atoms with van der Waals surface area (Å²) in [5.41, 5.74) is 2.95. The lowest BCUT2D eigenvalue weighted by Crippen LogP contribution is -2.04. The zero-order valence-corrected chi connectivity index (χ0v) is 8.60. The van der Waals surface area contributed by atoms with Crippen LogP contribution in [0.5, 0.6) is 0 Å². The molecule has 2 heteroatoms. The Morgan fingerprint density at radius 1 is 1.58 bits per heavy atom. The standard InChI is InChI=1S/C10H17ClO/c1-3-4-9-12-10(2)7-5-6-8-11/h6-7,10H,3-4,8-9H2,1-2H3. The van der Waals surface area contributed by atoms with Crippen LogP contribution in [-0.2, 0) is 4.74 Å². The molecule has 0 saturated heterocycles. The molecule has 0 aliphatic rings. The number of ether oxygens (including phenoxy) is 1. The van der Waals surface area contributed by atoms with E-state index in [1.165, 1.54) is 6.42 Å². The molecule has 0 aromatic carbocycles. The first-order chi connectivity index (χ1) is 5.81. The summed E-state index contributed by atoms with van der Waals surface area (Å²) in [4.78, 5) is 0. The molecule has 0 aliphatic heterocycles. The third-order valence-electron chi connectivity index (χ3n) is 1.40. The Morgan fingerprint density at radius 3 is 2.92 bits per heavy atom. The predicted molar refractivity (Wildman–Crippen MR) is 53.7 cm³/mol. The summed E-state index contributed by atoms with van der Waals surface area (Å²) in [7, 11) is 0. The van der Waals surface area contributed by atoms with Gasteiger partial charge in [0.25, 0.3) is 0 Å². The van der Waals surface area contributed by atoms with Crippen LogP contribution >= 0.6 is 11.6 Å². The number of hydrogen-bond donors (Lipinski definition) is 0. The molecule has 0 fully saturated rings. The molecule has 0 amide bonds. The van der Waals surface area contributed by atoms with Crippen molar-refractivity contribution in [2.75, 3.05) is 12.5 Å². The molecule has 0 saturated carbocycles. The minimum Gasteiger partial charge on any atom is -0.374 e. The summed E-state index contributed by atoms with van der Waals surface area (Å²) in [6.45, 7) is 4.98. The van der Waals surface area contributed by atoms with Gasteiger partial charge in [-0.2, -0.15) is 0 Å². The second-order valence-electron chi connectivity index (χ2n) is 2.62. The topological polar surface area (TPSA) is 9.23 Å². The number of rotatable bonds is 6. The molecule has 12 heavy (non-hydrogen) atoms. The van der Waals surface area contributed by atoms with Crippen LogP contribution < -0.4 is 0 Å². The van der Waals surface area contributed by atoms with Crippen LogP contribution in [0.1, 0.15) is 26.7 Å².